The number of hydrogen-bond donors (Lipinski definition) is 2. The number of hydrogen-bond acceptors (Lipinski definition) is 4. The normalized spacial score (nSPS) is 10.7. The molecule has 0 aliphatic rings. The van der Waals surface area contributed by atoms with E-state index < -0.39 is 5.97 Å². The number of carbonyl (C=O) groups is 2. The van der Waals surface area contributed by atoms with Crippen LogP contribution in [-0.2, 0) is 7.05 Å². The third-order valence-electron chi connectivity index (χ3n) is 3.32. The van der Waals surface area contributed by atoms with E-state index in [2.05, 4.69) is 10.4 Å². The average Bonchev–Trinajstić information content (AvgIpc) is 2.80. The van der Waals surface area contributed by atoms with Gasteiger partial charge in [0.15, 0.2) is 0 Å². The first-order valence-electron chi connectivity index (χ1n) is 7.13. The van der Waals surface area contributed by atoms with E-state index in [-0.39, 0.29) is 17.6 Å². The highest BCUT2D eigenvalue weighted by Gasteiger charge is 2.17. The second-order valence-corrected chi connectivity index (χ2v) is 5.40. The Morgan fingerprint density at radius 3 is 2.57 bits per heavy atom. The Morgan fingerprint density at radius 2 is 2.04 bits per heavy atom. The van der Waals surface area contributed by atoms with Crippen LogP contribution in [0.1, 0.15) is 40.3 Å². The Labute approximate surface area is 133 Å². The fourth-order valence-electron chi connectivity index (χ4n) is 2.03. The van der Waals surface area contributed by atoms with Crippen LogP contribution in [0.2, 0.25) is 0 Å². The van der Waals surface area contributed by atoms with Crippen LogP contribution in [0.25, 0.3) is 0 Å². The second kappa shape index (κ2) is 6.51. The monoisotopic (exact) mass is 317 g/mol. The molecule has 2 aromatic rings. The van der Waals surface area contributed by atoms with Gasteiger partial charge in [-0.25, -0.2) is 4.79 Å². The number of anilines is 1. The maximum absolute atomic E-state index is 12.4. The first kappa shape index (κ1) is 16.5. The Kier molecular flexibility index (Phi) is 4.68. The molecule has 122 valence electrons. The van der Waals surface area contributed by atoms with Crippen molar-refractivity contribution < 1.29 is 19.4 Å². The molecule has 2 rings (SSSR count). The number of ether oxygens (including phenoxy) is 1. The summed E-state index contributed by atoms with van der Waals surface area (Å²) in [5.41, 5.74) is 1.51. The largest absolute Gasteiger partial charge is 0.489 e. The van der Waals surface area contributed by atoms with Crippen LogP contribution in [0.4, 0.5) is 5.69 Å². The molecular formula is C16H19N3O4. The molecule has 23 heavy (non-hydrogen) atoms. The van der Waals surface area contributed by atoms with Crippen molar-refractivity contribution in [2.45, 2.75) is 26.9 Å². The smallest absolute Gasteiger partial charge is 0.335 e. The van der Waals surface area contributed by atoms with Crippen molar-refractivity contribution in [3.05, 3.63) is 41.2 Å². The molecule has 2 N–H and O–H groups in total. The van der Waals surface area contributed by atoms with E-state index in [1.54, 1.807) is 18.7 Å². The molecule has 0 saturated heterocycles. The van der Waals surface area contributed by atoms with Gasteiger partial charge in [-0.3, -0.25) is 9.48 Å². The van der Waals surface area contributed by atoms with Gasteiger partial charge in [-0.1, -0.05) is 0 Å². The van der Waals surface area contributed by atoms with E-state index in [0.29, 0.717) is 22.7 Å². The van der Waals surface area contributed by atoms with Crippen molar-refractivity contribution in [2.24, 2.45) is 7.05 Å². The van der Waals surface area contributed by atoms with Gasteiger partial charge in [-0.2, -0.15) is 5.10 Å². The molecule has 0 saturated carbocycles. The van der Waals surface area contributed by atoms with E-state index in [9.17, 15) is 9.59 Å². The predicted octanol–water partition coefficient (Wildman–Crippen LogP) is 2.47. The molecule has 0 aliphatic heterocycles. The molecule has 0 bridgehead atoms. The molecule has 0 atom stereocenters. The Bertz CT molecular complexity index is 750. The summed E-state index contributed by atoms with van der Waals surface area (Å²) in [7, 11) is 1.74. The maximum Gasteiger partial charge on any atom is 0.335 e. The number of aryl methyl sites for hydroxylation is 1. The van der Waals surface area contributed by atoms with Crippen LogP contribution in [-0.4, -0.2) is 32.9 Å². The molecule has 0 aliphatic carbocycles. The summed E-state index contributed by atoms with van der Waals surface area (Å²) in [6, 6.07) is 4.35. The number of carbonyl (C=O) groups excluding carboxylic acids is 1. The van der Waals surface area contributed by atoms with Gasteiger partial charge < -0.3 is 15.2 Å². The van der Waals surface area contributed by atoms with Crippen molar-refractivity contribution in [1.29, 1.82) is 0 Å². The molecule has 0 radical (unpaired) electrons. The van der Waals surface area contributed by atoms with Crippen molar-refractivity contribution in [1.82, 2.24) is 9.78 Å². The van der Waals surface area contributed by atoms with Crippen molar-refractivity contribution in [3.8, 4) is 5.75 Å². The average molecular weight is 317 g/mol. The standard InChI is InChI=1S/C16H19N3O4/c1-9(2)23-14-6-5-11(16(21)22)7-13(14)18-15(20)12-8-17-19(4)10(12)3/h5-9H,1-4H3,(H,18,20)(H,21,22). The molecule has 1 aromatic heterocycles. The van der Waals surface area contributed by atoms with Crippen molar-refractivity contribution in [3.63, 3.8) is 0 Å². The summed E-state index contributed by atoms with van der Waals surface area (Å²) in [4.78, 5) is 23.5. The van der Waals surface area contributed by atoms with Crippen LogP contribution in [0.15, 0.2) is 24.4 Å². The fourth-order valence-corrected chi connectivity index (χ4v) is 2.03. The predicted molar refractivity (Wildman–Crippen MR) is 85.1 cm³/mol. The molecule has 0 fully saturated rings. The zero-order valence-electron chi connectivity index (χ0n) is 13.5. The molecular weight excluding hydrogens is 298 g/mol. The van der Waals surface area contributed by atoms with E-state index in [1.165, 1.54) is 24.4 Å². The van der Waals surface area contributed by atoms with Crippen LogP contribution < -0.4 is 10.1 Å². The van der Waals surface area contributed by atoms with Gasteiger partial charge >= 0.3 is 5.97 Å². The topological polar surface area (TPSA) is 93.5 Å². The number of aromatic carboxylic acids is 1. The minimum absolute atomic E-state index is 0.0688. The SMILES string of the molecule is Cc1c(C(=O)Nc2cc(C(=O)O)ccc2OC(C)C)cnn1C. The maximum atomic E-state index is 12.4. The minimum Gasteiger partial charge on any atom is -0.489 e. The summed E-state index contributed by atoms with van der Waals surface area (Å²) < 4.78 is 7.22. The number of carboxylic acid groups (broad SMARTS) is 1. The van der Waals surface area contributed by atoms with E-state index in [4.69, 9.17) is 9.84 Å². The van der Waals surface area contributed by atoms with Gasteiger partial charge in [0.25, 0.3) is 5.91 Å². The van der Waals surface area contributed by atoms with E-state index in [1.807, 2.05) is 13.8 Å². The van der Waals surface area contributed by atoms with Gasteiger partial charge in [-0.05, 0) is 39.0 Å². The summed E-state index contributed by atoms with van der Waals surface area (Å²) in [5, 5.41) is 15.8. The highest BCUT2D eigenvalue weighted by Crippen LogP contribution is 2.27. The Balaban J connectivity index is 2.35. The summed E-state index contributed by atoms with van der Waals surface area (Å²) in [5.74, 6) is -1.03. The molecule has 1 aromatic carbocycles. The lowest BCUT2D eigenvalue weighted by molar-refractivity contribution is 0.0696. The first-order valence-corrected chi connectivity index (χ1v) is 7.13. The number of benzene rings is 1. The van der Waals surface area contributed by atoms with E-state index >= 15 is 0 Å². The van der Waals surface area contributed by atoms with Crippen LogP contribution in [0, 0.1) is 6.92 Å². The number of nitrogens with zero attached hydrogens (tertiary/aromatic N) is 2. The highest BCUT2D eigenvalue weighted by atomic mass is 16.5. The van der Waals surface area contributed by atoms with Crippen molar-refractivity contribution >= 4 is 17.6 Å². The Morgan fingerprint density at radius 1 is 1.35 bits per heavy atom. The van der Waals surface area contributed by atoms with Gasteiger partial charge in [0, 0.05) is 12.7 Å². The number of aromatic nitrogens is 2. The number of carboxylic acids is 1. The summed E-state index contributed by atoms with van der Waals surface area (Å²) >= 11 is 0. The number of rotatable bonds is 5. The van der Waals surface area contributed by atoms with Crippen LogP contribution in [0.3, 0.4) is 0 Å². The minimum atomic E-state index is -1.07. The molecule has 1 heterocycles. The van der Waals surface area contributed by atoms with Crippen LogP contribution >= 0.6 is 0 Å². The summed E-state index contributed by atoms with van der Waals surface area (Å²) in [6.45, 7) is 5.48. The van der Waals surface area contributed by atoms with Gasteiger partial charge in [0.2, 0.25) is 0 Å². The van der Waals surface area contributed by atoms with Gasteiger partial charge in [0.05, 0.1) is 29.1 Å². The number of nitrogens with one attached hydrogen (secondary N) is 1. The first-order chi connectivity index (χ1) is 10.8. The number of amides is 1. The Hall–Kier alpha value is -2.83. The fraction of sp³-hybridized carbons (Fsp3) is 0.312. The third-order valence-corrected chi connectivity index (χ3v) is 3.32. The molecule has 7 nitrogen and oxygen atoms in total. The van der Waals surface area contributed by atoms with Gasteiger partial charge in [-0.15, -0.1) is 0 Å². The molecule has 1 amide bonds. The lowest BCUT2D eigenvalue weighted by atomic mass is 10.1. The molecule has 0 unspecified atom stereocenters. The zero-order chi connectivity index (χ0) is 17.1. The molecule has 0 spiro atoms. The van der Waals surface area contributed by atoms with Gasteiger partial charge in [0.1, 0.15) is 5.75 Å². The summed E-state index contributed by atoms with van der Waals surface area (Å²) in [6.07, 6.45) is 1.36. The van der Waals surface area contributed by atoms with Crippen molar-refractivity contribution in [2.75, 3.05) is 5.32 Å². The lowest BCUT2D eigenvalue weighted by Crippen LogP contribution is -2.16. The lowest BCUT2D eigenvalue weighted by Gasteiger charge is -2.15. The molecule has 7 heteroatoms. The second-order valence-electron chi connectivity index (χ2n) is 5.40. The van der Waals surface area contributed by atoms with Crippen LogP contribution in [0.5, 0.6) is 5.75 Å². The third kappa shape index (κ3) is 3.68. The quantitative estimate of drug-likeness (QED) is 0.883. The highest BCUT2D eigenvalue weighted by molar-refractivity contribution is 6.06. The van der Waals surface area contributed by atoms with E-state index in [0.717, 1.165) is 0 Å². The zero-order valence-corrected chi connectivity index (χ0v) is 13.5.